The second-order valence-electron chi connectivity index (χ2n) is 6.39. The van der Waals surface area contributed by atoms with Crippen molar-refractivity contribution in [1.82, 2.24) is 4.90 Å². The highest BCUT2D eigenvalue weighted by atomic mass is 35.5. The Morgan fingerprint density at radius 2 is 2.00 bits per heavy atom. The van der Waals surface area contributed by atoms with Crippen LogP contribution in [0.25, 0.3) is 0 Å². The second kappa shape index (κ2) is 6.74. The number of nitrogens with two attached hydrogens (primary N) is 1. The molecule has 0 fully saturated rings. The molecule has 0 saturated carbocycles. The van der Waals surface area contributed by atoms with Gasteiger partial charge in [0.2, 0.25) is 0 Å². The van der Waals surface area contributed by atoms with Crippen LogP contribution in [0.15, 0.2) is 24.3 Å². The molecule has 2 rings (SSSR count). The minimum Gasteiger partial charge on any atom is -0.330 e. The molecule has 0 aromatic heterocycles. The Kier molecular flexibility index (Phi) is 5.84. The van der Waals surface area contributed by atoms with Crippen molar-refractivity contribution < 1.29 is 0 Å². The van der Waals surface area contributed by atoms with E-state index in [2.05, 4.69) is 50.1 Å². The zero-order valence-corrected chi connectivity index (χ0v) is 13.2. The minimum atomic E-state index is 0. The average molecular weight is 283 g/mol. The molecule has 108 valence electrons. The van der Waals surface area contributed by atoms with Crippen LogP contribution in [-0.2, 0) is 6.42 Å². The Labute approximate surface area is 123 Å². The van der Waals surface area contributed by atoms with Gasteiger partial charge in [-0.2, -0.15) is 0 Å². The summed E-state index contributed by atoms with van der Waals surface area (Å²) in [5.41, 5.74) is 9.11. The van der Waals surface area contributed by atoms with Gasteiger partial charge in [0.15, 0.2) is 0 Å². The molecule has 0 radical (unpaired) electrons. The van der Waals surface area contributed by atoms with Crippen molar-refractivity contribution in [2.24, 2.45) is 11.1 Å². The van der Waals surface area contributed by atoms with Crippen LogP contribution < -0.4 is 5.73 Å². The lowest BCUT2D eigenvalue weighted by atomic mass is 9.85. The molecule has 1 aromatic rings. The van der Waals surface area contributed by atoms with E-state index in [1.807, 2.05) is 0 Å². The number of fused-ring (bicyclic) bond motifs is 1. The van der Waals surface area contributed by atoms with Gasteiger partial charge in [0.05, 0.1) is 0 Å². The van der Waals surface area contributed by atoms with E-state index >= 15 is 0 Å². The summed E-state index contributed by atoms with van der Waals surface area (Å²) in [6, 6.07) is 9.47. The molecule has 1 atom stereocenters. The Morgan fingerprint density at radius 3 is 2.68 bits per heavy atom. The predicted molar refractivity (Wildman–Crippen MR) is 84.8 cm³/mol. The van der Waals surface area contributed by atoms with E-state index in [1.54, 1.807) is 0 Å². The van der Waals surface area contributed by atoms with Crippen molar-refractivity contribution in [3.63, 3.8) is 0 Å². The van der Waals surface area contributed by atoms with Crippen LogP contribution in [0.1, 0.15) is 43.9 Å². The molecule has 0 spiro atoms. The first-order valence-corrected chi connectivity index (χ1v) is 7.01. The summed E-state index contributed by atoms with van der Waals surface area (Å²) in [4.78, 5) is 2.49. The van der Waals surface area contributed by atoms with Crippen LogP contribution >= 0.6 is 12.4 Å². The summed E-state index contributed by atoms with van der Waals surface area (Å²) in [6.07, 6.45) is 3.81. The van der Waals surface area contributed by atoms with Crippen molar-refractivity contribution >= 4 is 12.4 Å². The van der Waals surface area contributed by atoms with Crippen molar-refractivity contribution in [2.75, 3.05) is 20.1 Å². The smallest absolute Gasteiger partial charge is 0.0348 e. The van der Waals surface area contributed by atoms with E-state index < -0.39 is 0 Å². The third-order valence-electron chi connectivity index (χ3n) is 4.10. The summed E-state index contributed by atoms with van der Waals surface area (Å²) in [6.45, 7) is 6.30. The fourth-order valence-electron chi connectivity index (χ4n) is 3.04. The minimum absolute atomic E-state index is 0. The summed E-state index contributed by atoms with van der Waals surface area (Å²) in [7, 11) is 2.24. The molecule has 0 bridgehead atoms. The van der Waals surface area contributed by atoms with Gasteiger partial charge in [-0.15, -0.1) is 12.4 Å². The molecule has 19 heavy (non-hydrogen) atoms. The molecule has 0 saturated heterocycles. The molecule has 2 nitrogen and oxygen atoms in total. The average Bonchev–Trinajstić information content (AvgIpc) is 2.37. The maximum Gasteiger partial charge on any atom is 0.0348 e. The maximum absolute atomic E-state index is 5.85. The first-order chi connectivity index (χ1) is 8.53. The number of nitrogens with zero attached hydrogens (tertiary/aromatic N) is 1. The SMILES string of the molecule is CN(CC(C)(C)CN)C1CCCc2ccccc21.Cl. The molecule has 1 aromatic carbocycles. The van der Waals surface area contributed by atoms with E-state index in [4.69, 9.17) is 5.73 Å². The quantitative estimate of drug-likeness (QED) is 0.917. The van der Waals surface area contributed by atoms with Gasteiger partial charge < -0.3 is 5.73 Å². The van der Waals surface area contributed by atoms with E-state index in [0.717, 1.165) is 13.1 Å². The third kappa shape index (κ3) is 3.95. The van der Waals surface area contributed by atoms with Crippen LogP contribution in [0.5, 0.6) is 0 Å². The molecule has 0 amide bonds. The Bertz CT molecular complexity index is 403. The van der Waals surface area contributed by atoms with Crippen molar-refractivity contribution in [3.05, 3.63) is 35.4 Å². The van der Waals surface area contributed by atoms with Crippen LogP contribution in [-0.4, -0.2) is 25.0 Å². The summed E-state index contributed by atoms with van der Waals surface area (Å²) < 4.78 is 0. The van der Waals surface area contributed by atoms with Gasteiger partial charge >= 0.3 is 0 Å². The van der Waals surface area contributed by atoms with Gasteiger partial charge in [-0.1, -0.05) is 38.1 Å². The van der Waals surface area contributed by atoms with Crippen molar-refractivity contribution in [3.8, 4) is 0 Å². The molecule has 1 aliphatic rings. The van der Waals surface area contributed by atoms with Gasteiger partial charge in [0, 0.05) is 12.6 Å². The van der Waals surface area contributed by atoms with E-state index in [9.17, 15) is 0 Å². The molecule has 1 aliphatic carbocycles. The lowest BCUT2D eigenvalue weighted by molar-refractivity contribution is 0.152. The van der Waals surface area contributed by atoms with Crippen molar-refractivity contribution in [1.29, 1.82) is 0 Å². The van der Waals surface area contributed by atoms with Crippen LogP contribution in [0, 0.1) is 5.41 Å². The van der Waals surface area contributed by atoms with Gasteiger partial charge in [-0.25, -0.2) is 0 Å². The number of rotatable bonds is 4. The Hall–Kier alpha value is -0.570. The summed E-state index contributed by atoms with van der Waals surface area (Å²) in [5.74, 6) is 0. The predicted octanol–water partition coefficient (Wildman–Crippen LogP) is 3.40. The topological polar surface area (TPSA) is 29.3 Å². The number of aryl methyl sites for hydroxylation is 1. The molecule has 0 aliphatic heterocycles. The zero-order valence-electron chi connectivity index (χ0n) is 12.4. The van der Waals surface area contributed by atoms with E-state index in [1.165, 1.54) is 30.4 Å². The fraction of sp³-hybridized carbons (Fsp3) is 0.625. The fourth-order valence-corrected chi connectivity index (χ4v) is 3.04. The number of benzene rings is 1. The lowest BCUT2D eigenvalue weighted by Gasteiger charge is -2.37. The number of halogens is 1. The summed E-state index contributed by atoms with van der Waals surface area (Å²) in [5, 5.41) is 0. The number of hydrogen-bond acceptors (Lipinski definition) is 2. The highest BCUT2D eigenvalue weighted by Gasteiger charge is 2.27. The van der Waals surface area contributed by atoms with E-state index in [-0.39, 0.29) is 17.8 Å². The number of hydrogen-bond donors (Lipinski definition) is 1. The Balaban J connectivity index is 0.00000180. The molecule has 2 N–H and O–H groups in total. The monoisotopic (exact) mass is 282 g/mol. The van der Waals surface area contributed by atoms with Crippen LogP contribution in [0.2, 0.25) is 0 Å². The first-order valence-electron chi connectivity index (χ1n) is 7.01. The first kappa shape index (κ1) is 16.5. The summed E-state index contributed by atoms with van der Waals surface area (Å²) >= 11 is 0. The normalized spacial score (nSPS) is 18.9. The van der Waals surface area contributed by atoms with Gasteiger partial charge in [-0.05, 0) is 49.4 Å². The molecule has 0 heterocycles. The highest BCUT2D eigenvalue weighted by molar-refractivity contribution is 5.85. The standard InChI is InChI=1S/C16H26N2.ClH/c1-16(2,11-17)12-18(3)15-10-6-8-13-7-4-5-9-14(13)15;/h4-5,7,9,15H,6,8,10-12,17H2,1-3H3;1H. The van der Waals surface area contributed by atoms with Gasteiger partial charge in [-0.3, -0.25) is 4.90 Å². The molecular formula is C16H27ClN2. The molecular weight excluding hydrogens is 256 g/mol. The lowest BCUT2D eigenvalue weighted by Crippen LogP contribution is -2.39. The highest BCUT2D eigenvalue weighted by Crippen LogP contribution is 2.34. The zero-order chi connectivity index (χ0) is 13.2. The maximum atomic E-state index is 5.85. The van der Waals surface area contributed by atoms with Gasteiger partial charge in [0.1, 0.15) is 0 Å². The van der Waals surface area contributed by atoms with Crippen LogP contribution in [0.4, 0.5) is 0 Å². The van der Waals surface area contributed by atoms with Crippen LogP contribution in [0.3, 0.4) is 0 Å². The largest absolute Gasteiger partial charge is 0.330 e. The van der Waals surface area contributed by atoms with Gasteiger partial charge in [0.25, 0.3) is 0 Å². The third-order valence-corrected chi connectivity index (χ3v) is 4.10. The van der Waals surface area contributed by atoms with Crippen molar-refractivity contribution in [2.45, 2.75) is 39.2 Å². The molecule has 3 heteroatoms. The Morgan fingerprint density at radius 1 is 1.32 bits per heavy atom. The second-order valence-corrected chi connectivity index (χ2v) is 6.39. The molecule has 1 unspecified atom stereocenters. The van der Waals surface area contributed by atoms with E-state index in [0.29, 0.717) is 6.04 Å².